The molecular formula is C35H33F3N6O3. The van der Waals surface area contributed by atoms with Gasteiger partial charge in [-0.15, -0.1) is 6.42 Å². The zero-order valence-electron chi connectivity index (χ0n) is 26.0. The Labute approximate surface area is 269 Å². The van der Waals surface area contributed by atoms with E-state index < -0.39 is 23.3 Å². The number of terminal acetylenes is 1. The first-order valence-electron chi connectivity index (χ1n) is 15.5. The molecule has 2 aromatic carbocycles. The molecule has 3 saturated heterocycles. The third kappa shape index (κ3) is 5.09. The van der Waals surface area contributed by atoms with Crippen LogP contribution in [0, 0.1) is 24.0 Å². The number of phenolic OH excluding ortho intramolecular Hbond substituents is 1. The van der Waals surface area contributed by atoms with Crippen LogP contribution in [-0.4, -0.2) is 92.8 Å². The molecule has 0 aliphatic carbocycles. The summed E-state index contributed by atoms with van der Waals surface area (Å²) in [6.45, 7) is 6.74. The summed E-state index contributed by atoms with van der Waals surface area (Å²) in [5.41, 5.74) is -0.922. The molecule has 0 spiro atoms. The van der Waals surface area contributed by atoms with Crippen molar-refractivity contribution < 1.29 is 27.8 Å². The van der Waals surface area contributed by atoms with Gasteiger partial charge in [0.25, 0.3) is 0 Å². The predicted octanol–water partition coefficient (Wildman–Crippen LogP) is 4.99. The lowest BCUT2D eigenvalue weighted by Crippen LogP contribution is -2.55. The fraction of sp³-hybridized carbons (Fsp3) is 0.371. The fourth-order valence-electron chi connectivity index (χ4n) is 7.41. The average molecular weight is 643 g/mol. The predicted molar refractivity (Wildman–Crippen MR) is 172 cm³/mol. The van der Waals surface area contributed by atoms with Crippen molar-refractivity contribution in [1.29, 1.82) is 0 Å². The number of anilines is 1. The first kappa shape index (κ1) is 30.7. The van der Waals surface area contributed by atoms with E-state index in [9.17, 15) is 18.7 Å². The molecular weight excluding hydrogens is 609 g/mol. The van der Waals surface area contributed by atoms with Crippen LogP contribution < -0.4 is 9.64 Å². The van der Waals surface area contributed by atoms with Gasteiger partial charge in [-0.3, -0.25) is 14.7 Å². The molecule has 5 heterocycles. The van der Waals surface area contributed by atoms with E-state index in [2.05, 4.69) is 22.5 Å². The van der Waals surface area contributed by atoms with Crippen LogP contribution in [0.15, 0.2) is 43.1 Å². The number of likely N-dealkylation sites (N-methyl/N-ethyl adjacent to an activating group) is 1. The molecule has 242 valence electrons. The minimum atomic E-state index is -1.01. The number of fused-ring (bicyclic) bond motifs is 4. The first-order chi connectivity index (χ1) is 22.5. The van der Waals surface area contributed by atoms with Gasteiger partial charge in [0.1, 0.15) is 41.4 Å². The summed E-state index contributed by atoms with van der Waals surface area (Å²) in [4.78, 5) is 32.0. The molecule has 0 unspecified atom stereocenters. The maximum absolute atomic E-state index is 16.8. The van der Waals surface area contributed by atoms with Crippen LogP contribution in [0.25, 0.3) is 32.9 Å². The van der Waals surface area contributed by atoms with Crippen molar-refractivity contribution in [2.24, 2.45) is 0 Å². The van der Waals surface area contributed by atoms with Crippen molar-refractivity contribution in [3.63, 3.8) is 0 Å². The van der Waals surface area contributed by atoms with E-state index in [1.807, 2.05) is 28.7 Å². The highest BCUT2D eigenvalue weighted by Crippen LogP contribution is 2.40. The third-order valence-corrected chi connectivity index (χ3v) is 9.87. The highest BCUT2D eigenvalue weighted by molar-refractivity contribution is 6.03. The Morgan fingerprint density at radius 3 is 2.62 bits per heavy atom. The maximum Gasteiger partial charge on any atom is 0.319 e. The number of phenols is 1. The van der Waals surface area contributed by atoms with Crippen molar-refractivity contribution >= 4 is 33.4 Å². The molecule has 12 heteroatoms. The van der Waals surface area contributed by atoms with E-state index in [4.69, 9.17) is 16.1 Å². The van der Waals surface area contributed by atoms with Crippen molar-refractivity contribution in [1.82, 2.24) is 24.8 Å². The largest absolute Gasteiger partial charge is 0.508 e. The standard InChI is InChI=1S/C35H33F3N6O3/c1-5-24-27(37)10-7-19-11-23(45)12-25(29(19)24)31-30(38)32-26(14-39-31)33(43-16-21-8-9-22(17-43)44(21)28(46)6-2)41-34(40-32)47-18-35(3)13-20(36)15-42(35)4/h1,6-7,10-12,14,20-22,45H,2,8-9,13,15-18H2,3-4H3/t20-,21-,22+,35-/m1/s1. The second-order valence-corrected chi connectivity index (χ2v) is 12.9. The van der Waals surface area contributed by atoms with Gasteiger partial charge in [0.15, 0.2) is 5.82 Å². The number of hydrogen-bond donors (Lipinski definition) is 1. The van der Waals surface area contributed by atoms with Gasteiger partial charge < -0.3 is 19.6 Å². The Balaban J connectivity index is 1.37. The molecule has 0 saturated carbocycles. The number of carbonyl (C=O) groups excluding carboxylic acids is 1. The summed E-state index contributed by atoms with van der Waals surface area (Å²) >= 11 is 0. The molecule has 47 heavy (non-hydrogen) atoms. The highest BCUT2D eigenvalue weighted by atomic mass is 19.1. The number of halogens is 3. The smallest absolute Gasteiger partial charge is 0.319 e. The van der Waals surface area contributed by atoms with Gasteiger partial charge in [0.05, 0.1) is 16.5 Å². The Kier molecular flexibility index (Phi) is 7.47. The normalized spacial score (nSPS) is 24.2. The molecule has 2 bridgehead atoms. The molecule has 3 aliphatic rings. The van der Waals surface area contributed by atoms with Crippen molar-refractivity contribution in [3.8, 4) is 35.4 Å². The third-order valence-electron chi connectivity index (χ3n) is 9.87. The number of hydrogen-bond acceptors (Lipinski definition) is 8. The van der Waals surface area contributed by atoms with E-state index >= 15 is 4.39 Å². The fourth-order valence-corrected chi connectivity index (χ4v) is 7.41. The number of nitrogens with zero attached hydrogens (tertiary/aromatic N) is 6. The zero-order chi connectivity index (χ0) is 33.2. The van der Waals surface area contributed by atoms with Gasteiger partial charge in [-0.05, 0) is 56.5 Å². The monoisotopic (exact) mass is 642 g/mol. The van der Waals surface area contributed by atoms with Crippen LogP contribution >= 0.6 is 0 Å². The molecule has 0 radical (unpaired) electrons. The second kappa shape index (κ2) is 11.4. The summed E-state index contributed by atoms with van der Waals surface area (Å²) in [7, 11) is 1.82. The molecule has 3 aliphatic heterocycles. The zero-order valence-corrected chi connectivity index (χ0v) is 26.0. The van der Waals surface area contributed by atoms with Crippen LogP contribution in [0.3, 0.4) is 0 Å². The lowest BCUT2D eigenvalue weighted by Gasteiger charge is -2.41. The quantitative estimate of drug-likeness (QED) is 0.233. The number of amides is 1. The lowest BCUT2D eigenvalue weighted by atomic mass is 9.96. The molecule has 4 atom stereocenters. The molecule has 7 rings (SSSR count). The van der Waals surface area contributed by atoms with Crippen LogP contribution in [0.4, 0.5) is 19.0 Å². The van der Waals surface area contributed by atoms with E-state index in [-0.39, 0.29) is 77.0 Å². The summed E-state index contributed by atoms with van der Waals surface area (Å²) in [6, 6.07) is 5.07. The number of benzene rings is 2. The van der Waals surface area contributed by atoms with Crippen LogP contribution in [0.5, 0.6) is 11.8 Å². The SMILES string of the molecule is C#Cc1c(F)ccc2cc(O)cc(-c3ncc4c(N5C[C@H]6CC[C@@H](C5)N6C(=O)C=C)nc(OC[C@@]5(C)C[C@@H](F)CN5C)nc4c3F)c12. The Hall–Kier alpha value is -4.89. The number of rotatable bonds is 6. The maximum atomic E-state index is 16.8. The van der Waals surface area contributed by atoms with E-state index in [0.29, 0.717) is 29.7 Å². The van der Waals surface area contributed by atoms with Gasteiger partial charge in [-0.2, -0.15) is 9.97 Å². The molecule has 2 aromatic heterocycles. The first-order valence-corrected chi connectivity index (χ1v) is 15.5. The summed E-state index contributed by atoms with van der Waals surface area (Å²) in [5, 5.41) is 11.5. The number of pyridine rings is 1. The topological polar surface area (TPSA) is 94.9 Å². The Bertz CT molecular complexity index is 1990. The van der Waals surface area contributed by atoms with Crippen molar-refractivity contribution in [2.75, 3.05) is 38.2 Å². The minimum absolute atomic E-state index is 0.0588. The van der Waals surface area contributed by atoms with Gasteiger partial charge in [-0.25, -0.2) is 13.2 Å². The number of likely N-dealkylation sites (tertiary alicyclic amines) is 1. The van der Waals surface area contributed by atoms with Crippen LogP contribution in [0.2, 0.25) is 0 Å². The number of aromatic nitrogens is 3. The number of ether oxygens (including phenoxy) is 1. The van der Waals surface area contributed by atoms with Gasteiger partial charge in [-0.1, -0.05) is 18.6 Å². The summed E-state index contributed by atoms with van der Waals surface area (Å²) in [5.74, 6) is 0.906. The Morgan fingerprint density at radius 2 is 1.96 bits per heavy atom. The minimum Gasteiger partial charge on any atom is -0.508 e. The van der Waals surface area contributed by atoms with Crippen LogP contribution in [-0.2, 0) is 4.79 Å². The summed E-state index contributed by atoms with van der Waals surface area (Å²) in [6.07, 6.45) is 9.29. The van der Waals surface area contributed by atoms with Crippen molar-refractivity contribution in [2.45, 2.75) is 50.0 Å². The molecule has 9 nitrogen and oxygen atoms in total. The molecule has 1 N–H and O–H groups in total. The number of carbonyl (C=O) groups is 1. The molecule has 1 amide bonds. The Morgan fingerprint density at radius 1 is 1.21 bits per heavy atom. The van der Waals surface area contributed by atoms with E-state index in [1.165, 1.54) is 36.5 Å². The number of piperazine rings is 1. The average Bonchev–Trinajstić information content (AvgIpc) is 3.47. The second-order valence-electron chi connectivity index (χ2n) is 12.9. The lowest BCUT2D eigenvalue weighted by molar-refractivity contribution is -0.129. The number of alkyl halides is 1. The molecule has 3 fully saturated rings. The van der Waals surface area contributed by atoms with Crippen molar-refractivity contribution in [3.05, 3.63) is 60.3 Å². The highest BCUT2D eigenvalue weighted by Gasteiger charge is 2.43. The van der Waals surface area contributed by atoms with Gasteiger partial charge >= 0.3 is 6.01 Å². The number of aromatic hydroxyl groups is 1. The van der Waals surface area contributed by atoms with Crippen LogP contribution in [0.1, 0.15) is 31.7 Å². The van der Waals surface area contributed by atoms with E-state index in [1.54, 1.807) is 0 Å². The summed E-state index contributed by atoms with van der Waals surface area (Å²) < 4.78 is 52.0. The molecule has 4 aromatic rings. The van der Waals surface area contributed by atoms with E-state index in [0.717, 1.165) is 12.8 Å². The van der Waals surface area contributed by atoms with Gasteiger partial charge in [0, 0.05) is 55.3 Å². The van der Waals surface area contributed by atoms with Gasteiger partial charge in [0.2, 0.25) is 5.91 Å².